The summed E-state index contributed by atoms with van der Waals surface area (Å²) in [4.78, 5) is 12.9. The van der Waals surface area contributed by atoms with Crippen LogP contribution in [-0.4, -0.2) is 61.8 Å². The Labute approximate surface area is 195 Å². The Morgan fingerprint density at radius 2 is 2.14 bits per heavy atom. The van der Waals surface area contributed by atoms with Crippen LogP contribution in [0.1, 0.15) is 29.0 Å². The highest BCUT2D eigenvalue weighted by molar-refractivity contribution is 14.0. The number of guanidine groups is 1. The van der Waals surface area contributed by atoms with E-state index in [-0.39, 0.29) is 24.0 Å². The summed E-state index contributed by atoms with van der Waals surface area (Å²) >= 11 is 1.81. The summed E-state index contributed by atoms with van der Waals surface area (Å²) in [6.07, 6.45) is 4.73. The van der Waals surface area contributed by atoms with Gasteiger partial charge in [-0.25, -0.2) is 0 Å². The van der Waals surface area contributed by atoms with Gasteiger partial charge in [-0.15, -0.1) is 35.3 Å². The zero-order valence-electron chi connectivity index (χ0n) is 17.3. The summed E-state index contributed by atoms with van der Waals surface area (Å²) < 4.78 is 5.53. The van der Waals surface area contributed by atoms with Crippen LogP contribution in [0.4, 0.5) is 0 Å². The van der Waals surface area contributed by atoms with Crippen LogP contribution >= 0.6 is 35.3 Å². The summed E-state index contributed by atoms with van der Waals surface area (Å²) in [5.41, 5.74) is 2.56. The zero-order chi connectivity index (χ0) is 19.6. The first-order chi connectivity index (χ1) is 13.8. The van der Waals surface area contributed by atoms with E-state index in [9.17, 15) is 0 Å². The van der Waals surface area contributed by atoms with Crippen molar-refractivity contribution in [1.29, 1.82) is 0 Å². The van der Waals surface area contributed by atoms with Gasteiger partial charge in [0, 0.05) is 43.4 Å². The number of aryl methyl sites for hydroxylation is 1. The summed E-state index contributed by atoms with van der Waals surface area (Å²) in [5.74, 6) is 0.879. The molecule has 0 saturated carbocycles. The number of pyridine rings is 1. The number of thiophene rings is 1. The fraction of sp³-hybridized carbons (Fsp3) is 0.524. The standard InChI is InChI=1S/C21H31N5OS.HI/c1-3-23-21(24-9-7-18-6-8-22-15-17(18)2)25-16-19(20-5-4-14-28-20)26-10-12-27-13-11-26;/h4-6,8,14-15,19H,3,7,9-13,16H2,1-2H3,(H2,23,24,25);1H. The molecule has 1 saturated heterocycles. The van der Waals surface area contributed by atoms with Gasteiger partial charge in [0.25, 0.3) is 0 Å². The first kappa shape index (κ1) is 24.0. The molecular weight excluding hydrogens is 497 g/mol. The lowest BCUT2D eigenvalue weighted by Gasteiger charge is -2.33. The van der Waals surface area contributed by atoms with Crippen molar-refractivity contribution in [2.75, 3.05) is 45.9 Å². The topological polar surface area (TPSA) is 61.8 Å². The summed E-state index contributed by atoms with van der Waals surface area (Å²) in [6, 6.07) is 6.73. The van der Waals surface area contributed by atoms with Gasteiger partial charge in [-0.1, -0.05) is 6.07 Å². The number of aromatic nitrogens is 1. The molecule has 0 aromatic carbocycles. The van der Waals surface area contributed by atoms with Crippen molar-refractivity contribution >= 4 is 41.3 Å². The molecule has 1 aliphatic rings. The lowest BCUT2D eigenvalue weighted by Crippen LogP contribution is -2.42. The van der Waals surface area contributed by atoms with Crippen molar-refractivity contribution in [1.82, 2.24) is 20.5 Å². The molecule has 1 atom stereocenters. The van der Waals surface area contributed by atoms with Crippen molar-refractivity contribution in [3.05, 3.63) is 52.0 Å². The molecule has 6 nitrogen and oxygen atoms in total. The van der Waals surface area contributed by atoms with Gasteiger partial charge in [0.1, 0.15) is 0 Å². The molecule has 1 fully saturated rings. The fourth-order valence-electron chi connectivity index (χ4n) is 3.37. The van der Waals surface area contributed by atoms with Crippen LogP contribution in [-0.2, 0) is 11.2 Å². The molecular formula is C21H32IN5OS. The number of ether oxygens (including phenoxy) is 1. The average Bonchev–Trinajstić information content (AvgIpc) is 3.25. The molecule has 0 bridgehead atoms. The molecule has 2 aromatic heterocycles. The highest BCUT2D eigenvalue weighted by atomic mass is 127. The number of morpholine rings is 1. The minimum absolute atomic E-state index is 0. The smallest absolute Gasteiger partial charge is 0.191 e. The third-order valence-corrected chi connectivity index (χ3v) is 5.92. The lowest BCUT2D eigenvalue weighted by atomic mass is 10.1. The van der Waals surface area contributed by atoms with E-state index in [1.165, 1.54) is 16.0 Å². The van der Waals surface area contributed by atoms with Crippen molar-refractivity contribution < 1.29 is 4.74 Å². The van der Waals surface area contributed by atoms with Crippen LogP contribution in [0.3, 0.4) is 0 Å². The van der Waals surface area contributed by atoms with Gasteiger partial charge in [0.15, 0.2) is 5.96 Å². The summed E-state index contributed by atoms with van der Waals surface area (Å²) in [5, 5.41) is 9.00. The first-order valence-electron chi connectivity index (χ1n) is 10.0. The van der Waals surface area contributed by atoms with E-state index in [1.807, 2.05) is 23.7 Å². The SMILES string of the molecule is CCNC(=NCC(c1cccs1)N1CCOCC1)NCCc1ccncc1C.I. The van der Waals surface area contributed by atoms with Crippen LogP contribution in [0.2, 0.25) is 0 Å². The monoisotopic (exact) mass is 529 g/mol. The molecule has 1 unspecified atom stereocenters. The predicted molar refractivity (Wildman–Crippen MR) is 132 cm³/mol. The average molecular weight is 529 g/mol. The van der Waals surface area contributed by atoms with E-state index in [1.54, 1.807) is 0 Å². The van der Waals surface area contributed by atoms with E-state index in [4.69, 9.17) is 9.73 Å². The molecule has 2 aromatic rings. The van der Waals surface area contributed by atoms with Gasteiger partial charge in [0.05, 0.1) is 25.8 Å². The molecule has 160 valence electrons. The summed E-state index contributed by atoms with van der Waals surface area (Å²) in [7, 11) is 0. The Morgan fingerprint density at radius 3 is 2.83 bits per heavy atom. The number of hydrogen-bond acceptors (Lipinski definition) is 5. The Hall–Kier alpha value is -1.23. The zero-order valence-corrected chi connectivity index (χ0v) is 20.4. The molecule has 0 amide bonds. The molecule has 2 N–H and O–H groups in total. The maximum atomic E-state index is 5.53. The van der Waals surface area contributed by atoms with Crippen molar-refractivity contribution in [3.8, 4) is 0 Å². The third kappa shape index (κ3) is 7.51. The molecule has 8 heteroatoms. The highest BCUT2D eigenvalue weighted by Crippen LogP contribution is 2.26. The van der Waals surface area contributed by atoms with Gasteiger partial charge < -0.3 is 15.4 Å². The Bertz CT molecular complexity index is 734. The minimum Gasteiger partial charge on any atom is -0.379 e. The highest BCUT2D eigenvalue weighted by Gasteiger charge is 2.23. The molecule has 1 aliphatic heterocycles. The molecule has 0 radical (unpaired) electrons. The third-order valence-electron chi connectivity index (χ3n) is 4.95. The Kier molecular flexibility index (Phi) is 10.9. The van der Waals surface area contributed by atoms with E-state index < -0.39 is 0 Å². The molecule has 3 heterocycles. The van der Waals surface area contributed by atoms with Crippen LogP contribution in [0.25, 0.3) is 0 Å². The molecule has 29 heavy (non-hydrogen) atoms. The van der Waals surface area contributed by atoms with E-state index in [0.717, 1.165) is 58.3 Å². The Balaban J connectivity index is 0.00000300. The number of rotatable bonds is 8. The Morgan fingerprint density at radius 1 is 1.31 bits per heavy atom. The first-order valence-corrected chi connectivity index (χ1v) is 10.9. The van der Waals surface area contributed by atoms with Gasteiger partial charge in [0.2, 0.25) is 0 Å². The predicted octanol–water partition coefficient (Wildman–Crippen LogP) is 3.24. The van der Waals surface area contributed by atoms with E-state index in [2.05, 4.69) is 57.9 Å². The van der Waals surface area contributed by atoms with Crippen LogP contribution in [0.15, 0.2) is 41.0 Å². The van der Waals surface area contributed by atoms with Crippen molar-refractivity contribution in [2.24, 2.45) is 4.99 Å². The van der Waals surface area contributed by atoms with Crippen molar-refractivity contribution in [2.45, 2.75) is 26.3 Å². The second kappa shape index (κ2) is 13.1. The van der Waals surface area contributed by atoms with E-state index >= 15 is 0 Å². The van der Waals surface area contributed by atoms with Gasteiger partial charge in [-0.05, 0) is 48.9 Å². The second-order valence-electron chi connectivity index (χ2n) is 6.88. The second-order valence-corrected chi connectivity index (χ2v) is 7.86. The molecule has 0 aliphatic carbocycles. The van der Waals surface area contributed by atoms with Crippen LogP contribution in [0.5, 0.6) is 0 Å². The number of nitrogens with zero attached hydrogens (tertiary/aromatic N) is 3. The number of halogens is 1. The van der Waals surface area contributed by atoms with Gasteiger partial charge in [-0.2, -0.15) is 0 Å². The molecule has 3 rings (SSSR count). The lowest BCUT2D eigenvalue weighted by molar-refractivity contribution is 0.0186. The minimum atomic E-state index is 0. The quantitative estimate of drug-likeness (QED) is 0.313. The maximum absolute atomic E-state index is 5.53. The van der Waals surface area contributed by atoms with E-state index in [0.29, 0.717) is 6.04 Å². The largest absolute Gasteiger partial charge is 0.379 e. The normalized spacial score (nSPS) is 16.1. The number of aliphatic imine (C=N–C) groups is 1. The number of hydrogen-bond donors (Lipinski definition) is 2. The van der Waals surface area contributed by atoms with Crippen LogP contribution < -0.4 is 10.6 Å². The fourth-order valence-corrected chi connectivity index (χ4v) is 4.23. The van der Waals surface area contributed by atoms with Crippen molar-refractivity contribution in [3.63, 3.8) is 0 Å². The van der Waals surface area contributed by atoms with Gasteiger partial charge in [-0.3, -0.25) is 14.9 Å². The summed E-state index contributed by atoms with van der Waals surface area (Å²) in [6.45, 7) is 10.2. The van der Waals surface area contributed by atoms with Gasteiger partial charge >= 0.3 is 0 Å². The maximum Gasteiger partial charge on any atom is 0.191 e. The molecule has 0 spiro atoms. The number of nitrogens with one attached hydrogen (secondary N) is 2. The van der Waals surface area contributed by atoms with Crippen LogP contribution in [0, 0.1) is 6.92 Å².